The van der Waals surface area contributed by atoms with Crippen LogP contribution in [0.1, 0.15) is 19.3 Å². The van der Waals surface area contributed by atoms with E-state index in [1.165, 1.54) is 22.9 Å². The molecule has 3 aliphatic rings. The van der Waals surface area contributed by atoms with Crippen LogP contribution in [0.4, 0.5) is 0 Å². The van der Waals surface area contributed by atoms with E-state index in [-0.39, 0.29) is 12.5 Å². The summed E-state index contributed by atoms with van der Waals surface area (Å²) in [5, 5.41) is 12.1. The van der Waals surface area contributed by atoms with Crippen molar-refractivity contribution in [2.24, 2.45) is 10.9 Å². The highest BCUT2D eigenvalue weighted by atomic mass is 16.3. The zero-order valence-corrected chi connectivity index (χ0v) is 11.0. The van der Waals surface area contributed by atoms with Crippen LogP contribution in [0.5, 0.6) is 0 Å². The quantitative estimate of drug-likeness (QED) is 0.804. The number of para-hydroxylation sites is 1. The van der Waals surface area contributed by atoms with Gasteiger partial charge in [-0.2, -0.15) is 0 Å². The van der Waals surface area contributed by atoms with E-state index in [1.54, 1.807) is 0 Å². The maximum atomic E-state index is 9.66. The summed E-state index contributed by atoms with van der Waals surface area (Å²) in [6.45, 7) is 2.44. The Labute approximate surface area is 112 Å². The second kappa shape index (κ2) is 4.20. The number of piperidine rings is 1. The van der Waals surface area contributed by atoms with E-state index in [1.807, 2.05) is 6.07 Å². The lowest BCUT2D eigenvalue weighted by Crippen LogP contribution is -2.39. The summed E-state index contributed by atoms with van der Waals surface area (Å²) in [6, 6.07) is 8.41. The van der Waals surface area contributed by atoms with E-state index in [4.69, 9.17) is 4.99 Å². The van der Waals surface area contributed by atoms with E-state index in [0.717, 1.165) is 37.0 Å². The molecule has 1 unspecified atom stereocenters. The average molecular weight is 254 g/mol. The number of allylic oxidation sites excluding steroid dienone is 1. The van der Waals surface area contributed by atoms with Crippen LogP contribution in [-0.4, -0.2) is 29.7 Å². The highest BCUT2D eigenvalue weighted by molar-refractivity contribution is 5.69. The van der Waals surface area contributed by atoms with Gasteiger partial charge in [0.05, 0.1) is 17.7 Å². The van der Waals surface area contributed by atoms with Crippen LogP contribution in [0.2, 0.25) is 0 Å². The van der Waals surface area contributed by atoms with Crippen LogP contribution in [0, 0.1) is 5.92 Å². The van der Waals surface area contributed by atoms with E-state index < -0.39 is 0 Å². The van der Waals surface area contributed by atoms with Gasteiger partial charge in [0.15, 0.2) is 0 Å². The Kier molecular flexibility index (Phi) is 2.49. The van der Waals surface area contributed by atoms with Gasteiger partial charge in [0.2, 0.25) is 0 Å². The molecule has 1 aromatic carbocycles. The molecule has 1 atom stereocenters. The monoisotopic (exact) mass is 254 g/mol. The predicted octanol–water partition coefficient (Wildman–Crippen LogP) is 0.790. The molecule has 0 bridgehead atoms. The molecule has 1 fully saturated rings. The molecule has 0 saturated carbocycles. The Balaban J connectivity index is 1.97. The lowest BCUT2D eigenvalue weighted by atomic mass is 9.88. The van der Waals surface area contributed by atoms with Gasteiger partial charge < -0.3 is 10.0 Å². The van der Waals surface area contributed by atoms with Crippen molar-refractivity contribution in [3.8, 4) is 0 Å². The first-order valence-electron chi connectivity index (χ1n) is 7.16. The summed E-state index contributed by atoms with van der Waals surface area (Å²) in [4.78, 5) is 7.29. The minimum absolute atomic E-state index is 0.245. The van der Waals surface area contributed by atoms with Crippen molar-refractivity contribution in [2.75, 3.05) is 19.7 Å². The van der Waals surface area contributed by atoms with Crippen molar-refractivity contribution in [3.05, 3.63) is 46.2 Å². The molecule has 0 spiro atoms. The second-order valence-corrected chi connectivity index (χ2v) is 5.60. The minimum Gasteiger partial charge on any atom is -0.396 e. The van der Waals surface area contributed by atoms with Gasteiger partial charge in [-0.25, -0.2) is 4.99 Å². The molecule has 4 rings (SSSR count). The fourth-order valence-electron chi connectivity index (χ4n) is 3.65. The first kappa shape index (κ1) is 11.2. The Hall–Kier alpha value is -1.61. The lowest BCUT2D eigenvalue weighted by molar-refractivity contribution is 0.165. The summed E-state index contributed by atoms with van der Waals surface area (Å²) < 4.78 is 0. The maximum absolute atomic E-state index is 9.66. The molecular weight excluding hydrogens is 236 g/mol. The highest BCUT2D eigenvalue weighted by Crippen LogP contribution is 2.37. The molecule has 0 aromatic heterocycles. The fraction of sp³-hybridized carbons (Fsp3) is 0.438. The van der Waals surface area contributed by atoms with Gasteiger partial charge in [0, 0.05) is 29.9 Å². The van der Waals surface area contributed by atoms with Gasteiger partial charge in [0.1, 0.15) is 0 Å². The van der Waals surface area contributed by atoms with Crippen LogP contribution >= 0.6 is 0 Å². The largest absolute Gasteiger partial charge is 0.396 e. The van der Waals surface area contributed by atoms with Crippen LogP contribution in [0.25, 0.3) is 5.57 Å². The molecule has 3 heterocycles. The van der Waals surface area contributed by atoms with E-state index in [2.05, 4.69) is 23.1 Å². The van der Waals surface area contributed by atoms with Crippen molar-refractivity contribution in [3.63, 3.8) is 0 Å². The molecule has 19 heavy (non-hydrogen) atoms. The molecule has 98 valence electrons. The van der Waals surface area contributed by atoms with Crippen LogP contribution in [0.3, 0.4) is 0 Å². The summed E-state index contributed by atoms with van der Waals surface area (Å²) in [5.41, 5.74) is 3.85. The predicted molar refractivity (Wildman–Crippen MR) is 73.7 cm³/mol. The summed E-state index contributed by atoms with van der Waals surface area (Å²) in [6.07, 6.45) is 3.35. The number of hydrogen-bond acceptors (Lipinski definition) is 3. The zero-order chi connectivity index (χ0) is 12.8. The Morgan fingerprint density at radius 3 is 3.05 bits per heavy atom. The Morgan fingerprint density at radius 1 is 1.26 bits per heavy atom. The molecule has 0 radical (unpaired) electrons. The molecule has 3 aliphatic heterocycles. The van der Waals surface area contributed by atoms with Crippen molar-refractivity contribution < 1.29 is 5.11 Å². The van der Waals surface area contributed by atoms with E-state index >= 15 is 0 Å². The third-order valence-electron chi connectivity index (χ3n) is 4.55. The highest BCUT2D eigenvalue weighted by Gasteiger charge is 2.33. The van der Waals surface area contributed by atoms with Gasteiger partial charge in [0.25, 0.3) is 0 Å². The number of aliphatic hydroxyl groups is 1. The number of benzene rings is 1. The first-order valence-corrected chi connectivity index (χ1v) is 7.16. The minimum atomic E-state index is 0.245. The molecule has 1 saturated heterocycles. The SMILES string of the molecule is OCC1CCCN2CCC3=c4ccccc4=NC3=C12. The maximum Gasteiger partial charge on any atom is 0.0871 e. The summed E-state index contributed by atoms with van der Waals surface area (Å²) in [7, 11) is 0. The van der Waals surface area contributed by atoms with E-state index in [9.17, 15) is 5.11 Å². The average Bonchev–Trinajstić information content (AvgIpc) is 2.85. The van der Waals surface area contributed by atoms with Gasteiger partial charge in [-0.3, -0.25) is 0 Å². The molecule has 1 aromatic rings. The van der Waals surface area contributed by atoms with Crippen molar-refractivity contribution in [2.45, 2.75) is 19.3 Å². The molecular formula is C16H18N2O. The Morgan fingerprint density at radius 2 is 2.16 bits per heavy atom. The van der Waals surface area contributed by atoms with E-state index in [0.29, 0.717) is 0 Å². The van der Waals surface area contributed by atoms with Crippen molar-refractivity contribution >= 4 is 5.57 Å². The van der Waals surface area contributed by atoms with Crippen LogP contribution < -0.4 is 10.6 Å². The first-order chi connectivity index (χ1) is 9.38. The smallest absolute Gasteiger partial charge is 0.0871 e. The third-order valence-corrected chi connectivity index (χ3v) is 4.55. The summed E-state index contributed by atoms with van der Waals surface area (Å²) in [5.74, 6) is 0.275. The van der Waals surface area contributed by atoms with Crippen LogP contribution in [-0.2, 0) is 0 Å². The summed E-state index contributed by atoms with van der Waals surface area (Å²) >= 11 is 0. The van der Waals surface area contributed by atoms with Gasteiger partial charge >= 0.3 is 0 Å². The fourth-order valence-corrected chi connectivity index (χ4v) is 3.65. The van der Waals surface area contributed by atoms with Crippen LogP contribution in [0.15, 0.2) is 40.7 Å². The lowest BCUT2D eigenvalue weighted by Gasteiger charge is -2.40. The molecule has 0 amide bonds. The Bertz CT molecular complexity index is 674. The van der Waals surface area contributed by atoms with Gasteiger partial charge in [-0.05, 0) is 30.9 Å². The number of rotatable bonds is 1. The van der Waals surface area contributed by atoms with Gasteiger partial charge in [-0.1, -0.05) is 18.2 Å². The number of aliphatic hydroxyl groups excluding tert-OH is 1. The third kappa shape index (κ3) is 1.58. The van der Waals surface area contributed by atoms with Crippen molar-refractivity contribution in [1.82, 2.24) is 4.90 Å². The molecule has 3 heteroatoms. The standard InChI is InChI=1S/C16H18N2O/c19-10-11-4-3-8-18-9-7-13-12-5-1-2-6-14(12)17-15(13)16(11)18/h1-2,5-6,11,19H,3-4,7-10H2. The number of nitrogens with zero attached hydrogens (tertiary/aromatic N) is 2. The zero-order valence-electron chi connectivity index (χ0n) is 11.0. The molecule has 1 N–H and O–H groups in total. The molecule has 0 aliphatic carbocycles. The van der Waals surface area contributed by atoms with Gasteiger partial charge in [-0.15, -0.1) is 0 Å². The topological polar surface area (TPSA) is 35.8 Å². The number of fused-ring (bicyclic) bond motifs is 3. The van der Waals surface area contributed by atoms with Crippen molar-refractivity contribution in [1.29, 1.82) is 0 Å². The second-order valence-electron chi connectivity index (χ2n) is 5.60. The molecule has 3 nitrogen and oxygen atoms in total. The normalized spacial score (nSPS) is 24.8. The number of hydrogen-bond donors (Lipinski definition) is 1.